The second-order valence-electron chi connectivity index (χ2n) is 4.76. The van der Waals surface area contributed by atoms with E-state index in [0.717, 1.165) is 43.5 Å². The summed E-state index contributed by atoms with van der Waals surface area (Å²) in [6.07, 6.45) is 1.86. The number of guanidine groups is 1. The van der Waals surface area contributed by atoms with Gasteiger partial charge < -0.3 is 20.1 Å². The minimum Gasteiger partial charge on any atom is -0.382 e. The number of hydrogen-bond donors (Lipinski definition) is 2. The highest BCUT2D eigenvalue weighted by atomic mass is 35.5. The van der Waals surface area contributed by atoms with E-state index in [1.807, 2.05) is 24.3 Å². The number of rotatable bonds is 10. The van der Waals surface area contributed by atoms with Crippen LogP contribution >= 0.6 is 11.6 Å². The summed E-state index contributed by atoms with van der Waals surface area (Å²) >= 11 is 5.87. The molecular formula is C16H26ClN3O2. The number of ether oxygens (including phenoxy) is 2. The van der Waals surface area contributed by atoms with E-state index in [9.17, 15) is 0 Å². The van der Waals surface area contributed by atoms with Crippen LogP contribution in [0.3, 0.4) is 0 Å². The van der Waals surface area contributed by atoms with Gasteiger partial charge in [0.05, 0.1) is 13.2 Å². The fourth-order valence-corrected chi connectivity index (χ4v) is 1.95. The van der Waals surface area contributed by atoms with Crippen molar-refractivity contribution >= 4 is 17.6 Å². The first-order valence-corrected chi connectivity index (χ1v) is 7.89. The molecule has 0 aliphatic heterocycles. The van der Waals surface area contributed by atoms with Crippen molar-refractivity contribution in [2.24, 2.45) is 4.99 Å². The molecule has 0 amide bonds. The maximum absolute atomic E-state index is 5.87. The smallest absolute Gasteiger partial charge is 0.190 e. The third kappa shape index (κ3) is 8.87. The second kappa shape index (κ2) is 12.3. The molecule has 5 nitrogen and oxygen atoms in total. The van der Waals surface area contributed by atoms with Crippen molar-refractivity contribution in [2.45, 2.75) is 12.8 Å². The molecule has 0 radical (unpaired) electrons. The topological polar surface area (TPSA) is 54.9 Å². The minimum atomic E-state index is 0.640. The monoisotopic (exact) mass is 327 g/mol. The average Bonchev–Trinajstić information content (AvgIpc) is 2.54. The van der Waals surface area contributed by atoms with Gasteiger partial charge in [0.25, 0.3) is 0 Å². The van der Waals surface area contributed by atoms with Gasteiger partial charge in [-0.3, -0.25) is 4.99 Å². The van der Waals surface area contributed by atoms with Gasteiger partial charge >= 0.3 is 0 Å². The van der Waals surface area contributed by atoms with Crippen LogP contribution in [0.25, 0.3) is 0 Å². The van der Waals surface area contributed by atoms with Gasteiger partial charge in [-0.25, -0.2) is 0 Å². The fourth-order valence-electron chi connectivity index (χ4n) is 1.82. The van der Waals surface area contributed by atoms with Crippen molar-refractivity contribution in [3.05, 3.63) is 34.9 Å². The van der Waals surface area contributed by atoms with Crippen molar-refractivity contribution in [3.8, 4) is 0 Å². The molecule has 0 fully saturated rings. The van der Waals surface area contributed by atoms with E-state index in [1.54, 1.807) is 14.2 Å². The summed E-state index contributed by atoms with van der Waals surface area (Å²) in [4.78, 5) is 4.19. The lowest BCUT2D eigenvalue weighted by molar-refractivity contribution is 0.0698. The number of nitrogens with one attached hydrogen (secondary N) is 2. The first-order valence-electron chi connectivity index (χ1n) is 7.52. The first-order chi connectivity index (χ1) is 10.8. The summed E-state index contributed by atoms with van der Waals surface area (Å²) in [6, 6.07) is 7.90. The molecule has 22 heavy (non-hydrogen) atoms. The van der Waals surface area contributed by atoms with Gasteiger partial charge in [0, 0.05) is 38.9 Å². The molecule has 1 rings (SSSR count). The summed E-state index contributed by atoms with van der Waals surface area (Å²) in [5.74, 6) is 0.811. The molecule has 0 aliphatic rings. The Bertz CT molecular complexity index is 424. The van der Waals surface area contributed by atoms with Crippen LogP contribution < -0.4 is 10.6 Å². The SMILES string of the molecule is CN=C(NCCCOCCOC)NCCc1ccc(Cl)cc1. The van der Waals surface area contributed by atoms with Crippen molar-refractivity contribution < 1.29 is 9.47 Å². The van der Waals surface area contributed by atoms with E-state index in [4.69, 9.17) is 21.1 Å². The van der Waals surface area contributed by atoms with Crippen molar-refractivity contribution in [1.29, 1.82) is 0 Å². The van der Waals surface area contributed by atoms with Crippen LogP contribution in [0, 0.1) is 0 Å². The largest absolute Gasteiger partial charge is 0.382 e. The van der Waals surface area contributed by atoms with Gasteiger partial charge in [-0.1, -0.05) is 23.7 Å². The molecule has 0 aromatic heterocycles. The van der Waals surface area contributed by atoms with E-state index in [2.05, 4.69) is 15.6 Å². The van der Waals surface area contributed by atoms with Crippen LogP contribution in [-0.4, -0.2) is 53.0 Å². The summed E-state index contributed by atoms with van der Waals surface area (Å²) < 4.78 is 10.3. The molecule has 6 heteroatoms. The summed E-state index contributed by atoms with van der Waals surface area (Å²) in [7, 11) is 3.44. The number of halogens is 1. The van der Waals surface area contributed by atoms with Crippen LogP contribution in [0.2, 0.25) is 5.02 Å². The van der Waals surface area contributed by atoms with E-state index in [0.29, 0.717) is 13.2 Å². The molecule has 0 saturated carbocycles. The Balaban J connectivity index is 2.08. The lowest BCUT2D eigenvalue weighted by Crippen LogP contribution is -2.39. The third-order valence-corrected chi connectivity index (χ3v) is 3.28. The Morgan fingerprint density at radius 1 is 1.09 bits per heavy atom. The second-order valence-corrected chi connectivity index (χ2v) is 5.20. The van der Waals surface area contributed by atoms with Crippen molar-refractivity contribution in [1.82, 2.24) is 10.6 Å². The van der Waals surface area contributed by atoms with Crippen LogP contribution in [0.1, 0.15) is 12.0 Å². The number of methoxy groups -OCH3 is 1. The molecule has 0 heterocycles. The molecule has 0 atom stereocenters. The molecule has 0 unspecified atom stereocenters. The van der Waals surface area contributed by atoms with Gasteiger partial charge in [-0.15, -0.1) is 0 Å². The molecule has 0 spiro atoms. The van der Waals surface area contributed by atoms with Gasteiger partial charge in [0.2, 0.25) is 0 Å². The lowest BCUT2D eigenvalue weighted by Gasteiger charge is -2.12. The average molecular weight is 328 g/mol. The number of benzene rings is 1. The predicted molar refractivity (Wildman–Crippen MR) is 91.8 cm³/mol. The van der Waals surface area contributed by atoms with Gasteiger partial charge in [0.15, 0.2) is 5.96 Å². The first kappa shape index (κ1) is 18.7. The highest BCUT2D eigenvalue weighted by Gasteiger charge is 1.98. The van der Waals surface area contributed by atoms with E-state index in [1.165, 1.54) is 5.56 Å². The Labute approximate surface area is 138 Å². The van der Waals surface area contributed by atoms with Crippen LogP contribution in [0.5, 0.6) is 0 Å². The Morgan fingerprint density at radius 3 is 2.50 bits per heavy atom. The molecule has 0 bridgehead atoms. The highest BCUT2D eigenvalue weighted by Crippen LogP contribution is 2.09. The minimum absolute atomic E-state index is 0.640. The number of aliphatic imine (C=N–C) groups is 1. The molecule has 2 N–H and O–H groups in total. The van der Waals surface area contributed by atoms with Crippen LogP contribution in [0.15, 0.2) is 29.3 Å². The van der Waals surface area contributed by atoms with Crippen molar-refractivity contribution in [2.75, 3.05) is 47.1 Å². The van der Waals surface area contributed by atoms with E-state index in [-0.39, 0.29) is 0 Å². The quantitative estimate of drug-likeness (QED) is 0.392. The highest BCUT2D eigenvalue weighted by molar-refractivity contribution is 6.30. The molecule has 1 aromatic carbocycles. The van der Waals surface area contributed by atoms with Gasteiger partial charge in [0.1, 0.15) is 0 Å². The third-order valence-electron chi connectivity index (χ3n) is 3.03. The van der Waals surface area contributed by atoms with Crippen molar-refractivity contribution in [3.63, 3.8) is 0 Å². The fraction of sp³-hybridized carbons (Fsp3) is 0.562. The summed E-state index contributed by atoms with van der Waals surface area (Å²) in [5, 5.41) is 7.32. The maximum Gasteiger partial charge on any atom is 0.190 e. The predicted octanol–water partition coefficient (Wildman–Crippen LogP) is 2.10. The van der Waals surface area contributed by atoms with Gasteiger partial charge in [-0.2, -0.15) is 0 Å². The standard InChI is InChI=1S/C16H26ClN3O2/c1-18-16(19-9-3-11-22-13-12-21-2)20-10-8-14-4-6-15(17)7-5-14/h4-7H,3,8-13H2,1-2H3,(H2,18,19,20). The number of nitrogens with zero attached hydrogens (tertiary/aromatic N) is 1. The zero-order valence-corrected chi connectivity index (χ0v) is 14.2. The normalized spacial score (nSPS) is 11.5. The lowest BCUT2D eigenvalue weighted by atomic mass is 10.1. The summed E-state index contributed by atoms with van der Waals surface area (Å²) in [6.45, 7) is 3.66. The van der Waals surface area contributed by atoms with E-state index >= 15 is 0 Å². The molecule has 1 aromatic rings. The van der Waals surface area contributed by atoms with Gasteiger partial charge in [-0.05, 0) is 30.5 Å². The van der Waals surface area contributed by atoms with Crippen LogP contribution in [0.4, 0.5) is 0 Å². The molecular weight excluding hydrogens is 302 g/mol. The summed E-state index contributed by atoms with van der Waals surface area (Å²) in [5.41, 5.74) is 1.25. The van der Waals surface area contributed by atoms with Crippen LogP contribution in [-0.2, 0) is 15.9 Å². The Kier molecular flexibility index (Phi) is 10.5. The van der Waals surface area contributed by atoms with E-state index < -0.39 is 0 Å². The maximum atomic E-state index is 5.87. The Hall–Kier alpha value is -1.30. The zero-order chi connectivity index (χ0) is 16.0. The molecule has 124 valence electrons. The molecule has 0 saturated heterocycles. The Morgan fingerprint density at radius 2 is 1.82 bits per heavy atom. The number of hydrogen-bond acceptors (Lipinski definition) is 3. The zero-order valence-electron chi connectivity index (χ0n) is 13.4. The molecule has 0 aliphatic carbocycles.